The van der Waals surface area contributed by atoms with Crippen LogP contribution in [-0.4, -0.2) is 35.9 Å². The van der Waals surface area contributed by atoms with E-state index in [1.54, 1.807) is 0 Å². The predicted octanol–water partition coefficient (Wildman–Crippen LogP) is 3.11. The van der Waals surface area contributed by atoms with Gasteiger partial charge in [-0.3, -0.25) is 0 Å². The monoisotopic (exact) mass is 308 g/mol. The van der Waals surface area contributed by atoms with E-state index in [2.05, 4.69) is 17.2 Å². The normalized spacial score (nSPS) is 48.0. The second kappa shape index (κ2) is 5.29. The number of esters is 1. The van der Waals surface area contributed by atoms with Gasteiger partial charge < -0.3 is 9.84 Å². The molecule has 0 aromatic heterocycles. The Morgan fingerprint density at radius 3 is 2.64 bits per heavy atom. The highest BCUT2D eigenvalue weighted by molar-refractivity contribution is 5.81. The third-order valence-corrected chi connectivity index (χ3v) is 6.66. The number of azo groups is 1. The molecule has 3 aliphatic rings. The lowest BCUT2D eigenvalue weighted by Crippen LogP contribution is -2.55. The summed E-state index contributed by atoms with van der Waals surface area (Å²) in [6.45, 7) is 4.88. The van der Waals surface area contributed by atoms with Gasteiger partial charge in [0, 0.05) is 6.42 Å². The lowest BCUT2D eigenvalue weighted by molar-refractivity contribution is -0.157. The Kier molecular flexibility index (Phi) is 3.83. The quantitative estimate of drug-likeness (QED) is 0.797. The van der Waals surface area contributed by atoms with Crippen LogP contribution in [0.3, 0.4) is 0 Å². The molecule has 2 fully saturated rings. The Morgan fingerprint density at radius 2 is 2.00 bits per heavy atom. The first-order valence-corrected chi connectivity index (χ1v) is 8.53. The van der Waals surface area contributed by atoms with Gasteiger partial charge in [-0.1, -0.05) is 13.3 Å². The van der Waals surface area contributed by atoms with Gasteiger partial charge in [0.15, 0.2) is 5.54 Å². The van der Waals surface area contributed by atoms with Gasteiger partial charge in [-0.2, -0.15) is 10.2 Å². The SMILES string of the molecule is COC(=O)C1(C2CC[C@@]3(C)CCC[C@](C)(O)[C@@H]3C2)CCN=N1. The summed E-state index contributed by atoms with van der Waals surface area (Å²) >= 11 is 0. The molecule has 5 heteroatoms. The van der Waals surface area contributed by atoms with Gasteiger partial charge in [-0.05, 0) is 56.3 Å². The number of hydrogen-bond donors (Lipinski definition) is 1. The van der Waals surface area contributed by atoms with E-state index in [1.165, 1.54) is 13.5 Å². The molecule has 3 rings (SSSR count). The van der Waals surface area contributed by atoms with E-state index in [0.717, 1.165) is 32.1 Å². The summed E-state index contributed by atoms with van der Waals surface area (Å²) in [5.74, 6) is 0.108. The topological polar surface area (TPSA) is 71.2 Å². The van der Waals surface area contributed by atoms with Crippen molar-refractivity contribution in [1.29, 1.82) is 0 Å². The van der Waals surface area contributed by atoms with Crippen molar-refractivity contribution in [3.63, 3.8) is 0 Å². The van der Waals surface area contributed by atoms with Crippen LogP contribution in [0.15, 0.2) is 10.2 Å². The molecule has 2 aliphatic carbocycles. The fraction of sp³-hybridized carbons (Fsp3) is 0.941. The summed E-state index contributed by atoms with van der Waals surface area (Å²) < 4.78 is 5.05. The average molecular weight is 308 g/mol. The molecule has 124 valence electrons. The summed E-state index contributed by atoms with van der Waals surface area (Å²) in [6.07, 6.45) is 6.63. The van der Waals surface area contributed by atoms with Gasteiger partial charge in [-0.15, -0.1) is 0 Å². The van der Waals surface area contributed by atoms with Crippen molar-refractivity contribution in [3.05, 3.63) is 0 Å². The third-order valence-electron chi connectivity index (χ3n) is 6.66. The van der Waals surface area contributed by atoms with Crippen molar-refractivity contribution < 1.29 is 14.6 Å². The number of hydrogen-bond acceptors (Lipinski definition) is 5. The molecule has 22 heavy (non-hydrogen) atoms. The van der Waals surface area contributed by atoms with Crippen LogP contribution in [0.5, 0.6) is 0 Å². The summed E-state index contributed by atoms with van der Waals surface area (Å²) in [6, 6.07) is 0. The molecule has 1 N–H and O–H groups in total. The Bertz CT molecular complexity index is 490. The van der Waals surface area contributed by atoms with E-state index >= 15 is 0 Å². The lowest BCUT2D eigenvalue weighted by atomic mass is 9.51. The maximum absolute atomic E-state index is 12.4. The van der Waals surface area contributed by atoms with Crippen LogP contribution in [0, 0.1) is 17.3 Å². The Morgan fingerprint density at radius 1 is 1.23 bits per heavy atom. The zero-order valence-corrected chi connectivity index (χ0v) is 14.0. The molecule has 0 aromatic carbocycles. The van der Waals surface area contributed by atoms with Gasteiger partial charge in [0.2, 0.25) is 0 Å². The Balaban J connectivity index is 1.88. The number of nitrogens with zero attached hydrogens (tertiary/aromatic N) is 2. The molecular formula is C17H28N2O3. The minimum Gasteiger partial charge on any atom is -0.467 e. The van der Waals surface area contributed by atoms with Crippen LogP contribution < -0.4 is 0 Å². The van der Waals surface area contributed by atoms with Gasteiger partial charge in [-0.25, -0.2) is 4.79 Å². The average Bonchev–Trinajstić information content (AvgIpc) is 2.96. The third kappa shape index (κ3) is 2.29. The van der Waals surface area contributed by atoms with Crippen molar-refractivity contribution >= 4 is 5.97 Å². The van der Waals surface area contributed by atoms with Crippen molar-refractivity contribution in [2.75, 3.05) is 13.7 Å². The molecule has 2 saturated carbocycles. The van der Waals surface area contributed by atoms with E-state index in [-0.39, 0.29) is 23.2 Å². The number of fused-ring (bicyclic) bond motifs is 1. The molecule has 0 bridgehead atoms. The summed E-state index contributed by atoms with van der Waals surface area (Å²) in [4.78, 5) is 12.4. The Hall–Kier alpha value is -0.970. The van der Waals surface area contributed by atoms with Crippen molar-refractivity contribution in [1.82, 2.24) is 0 Å². The van der Waals surface area contributed by atoms with Gasteiger partial charge in [0.1, 0.15) is 0 Å². The van der Waals surface area contributed by atoms with Crippen molar-refractivity contribution in [2.45, 2.75) is 69.9 Å². The van der Waals surface area contributed by atoms with E-state index in [9.17, 15) is 9.90 Å². The molecule has 2 unspecified atom stereocenters. The maximum Gasteiger partial charge on any atom is 0.336 e. The largest absolute Gasteiger partial charge is 0.467 e. The molecule has 5 nitrogen and oxygen atoms in total. The standard InChI is InChI=1S/C17H28N2O3/c1-15-6-4-7-16(2,21)13(15)11-12(5-8-15)17(14(20)22-3)9-10-18-19-17/h12-13,21H,4-11H2,1-3H3/t12?,13-,15-,16+,17?/m1/s1. The van der Waals surface area contributed by atoms with Crippen LogP contribution >= 0.6 is 0 Å². The highest BCUT2D eigenvalue weighted by Crippen LogP contribution is 2.57. The molecule has 0 saturated heterocycles. The second-order valence-corrected chi connectivity index (χ2v) is 8.02. The smallest absolute Gasteiger partial charge is 0.336 e. The van der Waals surface area contributed by atoms with Crippen LogP contribution in [0.2, 0.25) is 0 Å². The van der Waals surface area contributed by atoms with Gasteiger partial charge >= 0.3 is 5.97 Å². The molecule has 0 amide bonds. The maximum atomic E-state index is 12.4. The Labute approximate surface area is 132 Å². The molecular weight excluding hydrogens is 280 g/mol. The lowest BCUT2D eigenvalue weighted by Gasteiger charge is -2.55. The van der Waals surface area contributed by atoms with Crippen LogP contribution in [0.4, 0.5) is 0 Å². The first kappa shape index (κ1) is 15.9. The molecule has 5 atom stereocenters. The fourth-order valence-corrected chi connectivity index (χ4v) is 5.35. The van der Waals surface area contributed by atoms with Crippen LogP contribution in [0.25, 0.3) is 0 Å². The number of rotatable bonds is 2. The first-order valence-electron chi connectivity index (χ1n) is 8.53. The van der Waals surface area contributed by atoms with Crippen molar-refractivity contribution in [3.8, 4) is 0 Å². The van der Waals surface area contributed by atoms with Gasteiger partial charge in [0.25, 0.3) is 0 Å². The molecule has 1 aliphatic heterocycles. The van der Waals surface area contributed by atoms with Crippen LogP contribution in [-0.2, 0) is 9.53 Å². The summed E-state index contributed by atoms with van der Waals surface area (Å²) in [5, 5.41) is 19.3. The van der Waals surface area contributed by atoms with Crippen molar-refractivity contribution in [2.24, 2.45) is 27.5 Å². The highest BCUT2D eigenvalue weighted by Gasteiger charge is 2.57. The minimum atomic E-state index is -0.802. The number of methoxy groups -OCH3 is 1. The zero-order chi connectivity index (χ0) is 16.0. The van der Waals surface area contributed by atoms with Gasteiger partial charge in [0.05, 0.1) is 19.3 Å². The number of carbonyl (C=O) groups excluding carboxylic acids is 1. The summed E-state index contributed by atoms with van der Waals surface area (Å²) in [5.41, 5.74) is -1.26. The van der Waals surface area contributed by atoms with E-state index in [1.807, 2.05) is 6.92 Å². The second-order valence-electron chi connectivity index (χ2n) is 8.02. The fourth-order valence-electron chi connectivity index (χ4n) is 5.35. The highest BCUT2D eigenvalue weighted by atomic mass is 16.5. The molecule has 0 spiro atoms. The van der Waals surface area contributed by atoms with E-state index < -0.39 is 11.1 Å². The molecule has 0 radical (unpaired) electrons. The predicted molar refractivity (Wildman–Crippen MR) is 82.5 cm³/mol. The number of aliphatic hydroxyl groups is 1. The number of carbonyl (C=O) groups is 1. The number of ether oxygens (including phenoxy) is 1. The first-order chi connectivity index (χ1) is 10.3. The minimum absolute atomic E-state index is 0.133. The molecule has 0 aromatic rings. The van der Waals surface area contributed by atoms with E-state index in [0.29, 0.717) is 13.0 Å². The zero-order valence-electron chi connectivity index (χ0n) is 14.0. The molecule has 1 heterocycles. The van der Waals surface area contributed by atoms with Crippen LogP contribution in [0.1, 0.15) is 58.8 Å². The van der Waals surface area contributed by atoms with E-state index in [4.69, 9.17) is 4.74 Å². The summed E-state index contributed by atoms with van der Waals surface area (Å²) in [7, 11) is 1.43.